The van der Waals surface area contributed by atoms with Crippen LogP contribution in [0.4, 0.5) is 10.3 Å². The van der Waals surface area contributed by atoms with E-state index in [4.69, 9.17) is 26.0 Å². The Hall–Kier alpha value is -3.04. The maximum Gasteiger partial charge on any atom is 0.236 e. The van der Waals surface area contributed by atoms with E-state index < -0.39 is 0 Å². The summed E-state index contributed by atoms with van der Waals surface area (Å²) < 4.78 is 24.0. The van der Waals surface area contributed by atoms with Crippen molar-refractivity contribution in [2.75, 3.05) is 5.32 Å². The minimum absolute atomic E-state index is 0.0627. The summed E-state index contributed by atoms with van der Waals surface area (Å²) in [6.07, 6.45) is 0. The van der Waals surface area contributed by atoms with Crippen molar-refractivity contribution in [1.29, 1.82) is 5.26 Å². The average molecular weight is 358 g/mol. The molecule has 5 nitrogen and oxygen atoms in total. The Bertz CT molecular complexity index is 903. The maximum absolute atomic E-state index is 12.9. The van der Waals surface area contributed by atoms with Crippen molar-refractivity contribution in [3.05, 3.63) is 76.5 Å². The summed E-state index contributed by atoms with van der Waals surface area (Å²) in [5, 5.41) is 12.7. The number of aromatic nitrogens is 1. The van der Waals surface area contributed by atoms with Crippen molar-refractivity contribution in [3.8, 4) is 11.8 Å². The molecule has 3 rings (SSSR count). The Morgan fingerprint density at radius 1 is 1.24 bits per heavy atom. The van der Waals surface area contributed by atoms with Crippen LogP contribution in [0.5, 0.6) is 5.75 Å². The van der Waals surface area contributed by atoms with Crippen molar-refractivity contribution in [3.63, 3.8) is 0 Å². The van der Waals surface area contributed by atoms with Crippen LogP contribution in [0.3, 0.4) is 0 Å². The van der Waals surface area contributed by atoms with Gasteiger partial charge in [-0.2, -0.15) is 10.2 Å². The molecule has 0 saturated carbocycles. The molecule has 0 bridgehead atoms. The number of rotatable bonds is 6. The number of nitriles is 1. The molecule has 0 spiro atoms. The fraction of sp³-hybridized carbons (Fsp3) is 0.111. The highest BCUT2D eigenvalue weighted by molar-refractivity contribution is 6.30. The predicted octanol–water partition coefficient (Wildman–Crippen LogP) is 4.53. The number of oxazole rings is 1. The Morgan fingerprint density at radius 3 is 2.76 bits per heavy atom. The molecular weight excluding hydrogens is 345 g/mol. The first kappa shape index (κ1) is 16.8. The fourth-order valence-corrected chi connectivity index (χ4v) is 2.29. The molecule has 3 aromatic rings. The van der Waals surface area contributed by atoms with Crippen molar-refractivity contribution in [2.24, 2.45) is 0 Å². The first-order valence-electron chi connectivity index (χ1n) is 7.40. The van der Waals surface area contributed by atoms with Gasteiger partial charge in [0, 0.05) is 11.6 Å². The number of halogens is 2. The molecule has 0 aliphatic rings. The van der Waals surface area contributed by atoms with Gasteiger partial charge in [-0.05, 0) is 35.9 Å². The summed E-state index contributed by atoms with van der Waals surface area (Å²) >= 11 is 5.89. The van der Waals surface area contributed by atoms with Gasteiger partial charge in [-0.25, -0.2) is 4.39 Å². The van der Waals surface area contributed by atoms with Crippen LogP contribution in [0, 0.1) is 17.1 Å². The largest absolute Gasteiger partial charge is 0.484 e. The quantitative estimate of drug-likeness (QED) is 0.701. The Morgan fingerprint density at radius 2 is 2.04 bits per heavy atom. The lowest BCUT2D eigenvalue weighted by atomic mass is 10.2. The molecule has 0 amide bonds. The molecule has 0 fully saturated rings. The summed E-state index contributed by atoms with van der Waals surface area (Å²) in [6.45, 7) is 0.437. The molecule has 0 aliphatic carbocycles. The van der Waals surface area contributed by atoms with E-state index in [9.17, 15) is 4.39 Å². The highest BCUT2D eigenvalue weighted by Crippen LogP contribution is 2.21. The smallest absolute Gasteiger partial charge is 0.236 e. The highest BCUT2D eigenvalue weighted by Gasteiger charge is 2.13. The van der Waals surface area contributed by atoms with Crippen molar-refractivity contribution >= 4 is 17.5 Å². The van der Waals surface area contributed by atoms with Crippen LogP contribution in [-0.2, 0) is 13.2 Å². The Kier molecular flexibility index (Phi) is 5.17. The van der Waals surface area contributed by atoms with Crippen LogP contribution in [-0.4, -0.2) is 4.98 Å². The topological polar surface area (TPSA) is 71.1 Å². The zero-order valence-corrected chi connectivity index (χ0v) is 13.8. The van der Waals surface area contributed by atoms with Crippen LogP contribution in [0.15, 0.2) is 52.9 Å². The van der Waals surface area contributed by atoms with E-state index >= 15 is 0 Å². The van der Waals surface area contributed by atoms with E-state index in [1.165, 1.54) is 12.1 Å². The second-order valence-corrected chi connectivity index (χ2v) is 5.56. The van der Waals surface area contributed by atoms with E-state index in [-0.39, 0.29) is 29.9 Å². The number of benzene rings is 2. The average Bonchev–Trinajstić information content (AvgIpc) is 3.02. The molecule has 0 unspecified atom stereocenters. The third-order valence-electron chi connectivity index (χ3n) is 3.30. The molecule has 0 saturated heterocycles. The maximum atomic E-state index is 12.9. The van der Waals surface area contributed by atoms with E-state index in [0.29, 0.717) is 17.3 Å². The van der Waals surface area contributed by atoms with Gasteiger partial charge in [0.2, 0.25) is 17.5 Å². The van der Waals surface area contributed by atoms with Gasteiger partial charge < -0.3 is 14.5 Å². The van der Waals surface area contributed by atoms with Crippen LogP contribution in [0.2, 0.25) is 5.02 Å². The second kappa shape index (κ2) is 7.69. The third kappa shape index (κ3) is 4.49. The molecule has 0 atom stereocenters. The highest BCUT2D eigenvalue weighted by atomic mass is 35.5. The van der Waals surface area contributed by atoms with Gasteiger partial charge in [-0.1, -0.05) is 29.8 Å². The summed E-state index contributed by atoms with van der Waals surface area (Å²) in [5.74, 6) is 0.779. The van der Waals surface area contributed by atoms with Gasteiger partial charge in [0.15, 0.2) is 6.61 Å². The monoisotopic (exact) mass is 357 g/mol. The van der Waals surface area contributed by atoms with Crippen molar-refractivity contribution in [1.82, 2.24) is 4.98 Å². The van der Waals surface area contributed by atoms with E-state index in [2.05, 4.69) is 10.3 Å². The minimum atomic E-state index is -0.304. The summed E-state index contributed by atoms with van der Waals surface area (Å²) in [6, 6.07) is 14.9. The van der Waals surface area contributed by atoms with Gasteiger partial charge in [-0.15, -0.1) is 0 Å². The Balaban J connectivity index is 1.64. The lowest BCUT2D eigenvalue weighted by Gasteiger charge is -2.04. The SMILES string of the molecule is N#Cc1nc(COc2cccc(Cl)c2)oc1NCc1ccc(F)cc1. The van der Waals surface area contributed by atoms with Crippen LogP contribution < -0.4 is 10.1 Å². The summed E-state index contributed by atoms with van der Waals surface area (Å²) in [5.41, 5.74) is 0.977. The van der Waals surface area contributed by atoms with E-state index in [0.717, 1.165) is 5.56 Å². The molecule has 7 heteroatoms. The molecule has 126 valence electrons. The molecule has 1 heterocycles. The summed E-state index contributed by atoms with van der Waals surface area (Å²) in [7, 11) is 0. The standard InChI is InChI=1S/C18H13ClFN3O2/c19-13-2-1-3-15(8-13)24-11-17-23-16(9-21)18(25-17)22-10-12-4-6-14(20)7-5-12/h1-8,22H,10-11H2. The first-order valence-corrected chi connectivity index (χ1v) is 7.78. The predicted molar refractivity (Wildman–Crippen MR) is 90.7 cm³/mol. The minimum Gasteiger partial charge on any atom is -0.484 e. The van der Waals surface area contributed by atoms with Gasteiger partial charge in [0.1, 0.15) is 17.6 Å². The van der Waals surface area contributed by atoms with Gasteiger partial charge in [-0.3, -0.25) is 0 Å². The molecule has 1 N–H and O–H groups in total. The van der Waals surface area contributed by atoms with Crippen molar-refractivity contribution in [2.45, 2.75) is 13.2 Å². The fourth-order valence-electron chi connectivity index (χ4n) is 2.11. The zero-order valence-electron chi connectivity index (χ0n) is 13.0. The van der Waals surface area contributed by atoms with Crippen LogP contribution >= 0.6 is 11.6 Å². The lowest BCUT2D eigenvalue weighted by molar-refractivity contribution is 0.265. The summed E-state index contributed by atoms with van der Waals surface area (Å²) in [4.78, 5) is 4.08. The van der Waals surface area contributed by atoms with Crippen LogP contribution in [0.25, 0.3) is 0 Å². The second-order valence-electron chi connectivity index (χ2n) is 5.12. The van der Waals surface area contributed by atoms with Crippen molar-refractivity contribution < 1.29 is 13.5 Å². The molecule has 1 aromatic heterocycles. The number of nitrogens with zero attached hydrogens (tertiary/aromatic N) is 2. The molecule has 0 aliphatic heterocycles. The van der Waals surface area contributed by atoms with E-state index in [1.807, 2.05) is 6.07 Å². The molecular formula is C18H13ClFN3O2. The van der Waals surface area contributed by atoms with Gasteiger partial charge in [0.25, 0.3) is 0 Å². The Labute approximate surface area is 148 Å². The van der Waals surface area contributed by atoms with Crippen LogP contribution in [0.1, 0.15) is 17.1 Å². The zero-order chi connectivity index (χ0) is 17.6. The van der Waals surface area contributed by atoms with E-state index in [1.54, 1.807) is 36.4 Å². The number of ether oxygens (including phenoxy) is 1. The van der Waals surface area contributed by atoms with Gasteiger partial charge >= 0.3 is 0 Å². The molecule has 2 aromatic carbocycles. The number of hydrogen-bond acceptors (Lipinski definition) is 5. The lowest BCUT2D eigenvalue weighted by Crippen LogP contribution is -1.99. The molecule has 0 radical (unpaired) electrons. The number of hydrogen-bond donors (Lipinski definition) is 1. The third-order valence-corrected chi connectivity index (χ3v) is 3.54. The number of anilines is 1. The number of nitrogens with one attached hydrogen (secondary N) is 1. The first-order chi connectivity index (χ1) is 12.1. The van der Waals surface area contributed by atoms with Gasteiger partial charge in [0.05, 0.1) is 0 Å². The normalized spacial score (nSPS) is 10.3. The molecule has 25 heavy (non-hydrogen) atoms.